The predicted molar refractivity (Wildman–Crippen MR) is 75.0 cm³/mol. The molecule has 0 bridgehead atoms. The lowest BCUT2D eigenvalue weighted by Crippen LogP contribution is -2.46. The molecule has 20 heavy (non-hydrogen) atoms. The fourth-order valence-electron chi connectivity index (χ4n) is 1.60. The molecule has 0 atom stereocenters. The molecule has 0 aromatic heterocycles. The molecule has 0 saturated carbocycles. The molecular formula is C14H16BrFO4. The van der Waals surface area contributed by atoms with E-state index in [0.717, 1.165) is 4.47 Å². The highest BCUT2D eigenvalue weighted by Crippen LogP contribution is 2.23. The summed E-state index contributed by atoms with van der Waals surface area (Å²) in [7, 11) is 0. The Morgan fingerprint density at radius 1 is 1.10 bits per heavy atom. The predicted octanol–water partition coefficient (Wildman–Crippen LogP) is 2.83. The first-order valence-corrected chi connectivity index (χ1v) is 7.01. The molecule has 0 heterocycles. The Kier molecular flexibility index (Phi) is 6.13. The molecule has 0 aliphatic carbocycles. The number of alkyl halides is 1. The van der Waals surface area contributed by atoms with Gasteiger partial charge in [0.05, 0.1) is 13.2 Å². The third kappa shape index (κ3) is 4.03. The molecule has 0 unspecified atom stereocenters. The van der Waals surface area contributed by atoms with Gasteiger partial charge in [0.2, 0.25) is 0 Å². The summed E-state index contributed by atoms with van der Waals surface area (Å²) in [5.41, 5.74) is -2.32. The van der Waals surface area contributed by atoms with Crippen LogP contribution in [0.25, 0.3) is 0 Å². The number of carbonyl (C=O) groups is 2. The van der Waals surface area contributed by atoms with Gasteiger partial charge in [-0.05, 0) is 31.5 Å². The fourth-order valence-corrected chi connectivity index (χ4v) is 1.87. The highest BCUT2D eigenvalue weighted by molar-refractivity contribution is 9.10. The molecule has 4 nitrogen and oxygen atoms in total. The second-order valence-corrected chi connectivity index (χ2v) is 4.96. The van der Waals surface area contributed by atoms with Crippen LogP contribution < -0.4 is 0 Å². The summed E-state index contributed by atoms with van der Waals surface area (Å²) in [6.07, 6.45) is -0.419. The van der Waals surface area contributed by atoms with Crippen molar-refractivity contribution in [2.24, 2.45) is 0 Å². The first-order chi connectivity index (χ1) is 9.43. The van der Waals surface area contributed by atoms with Crippen LogP contribution in [0.3, 0.4) is 0 Å². The summed E-state index contributed by atoms with van der Waals surface area (Å²) < 4.78 is 24.9. The normalized spacial score (nSPS) is 11.0. The van der Waals surface area contributed by atoms with Crippen LogP contribution in [0.1, 0.15) is 19.4 Å². The lowest BCUT2D eigenvalue weighted by Gasteiger charge is -2.21. The van der Waals surface area contributed by atoms with Gasteiger partial charge in [-0.15, -0.1) is 0 Å². The van der Waals surface area contributed by atoms with E-state index in [1.165, 1.54) is 0 Å². The molecule has 0 aliphatic rings. The number of carbonyl (C=O) groups excluding carboxylic acids is 2. The molecule has 0 amide bonds. The number of hydrogen-bond donors (Lipinski definition) is 0. The topological polar surface area (TPSA) is 52.6 Å². The van der Waals surface area contributed by atoms with Crippen LogP contribution >= 0.6 is 15.9 Å². The van der Waals surface area contributed by atoms with E-state index < -0.39 is 24.0 Å². The minimum atomic E-state index is -2.82. The van der Waals surface area contributed by atoms with Crippen molar-refractivity contribution in [1.29, 1.82) is 0 Å². The Labute approximate surface area is 125 Å². The van der Waals surface area contributed by atoms with E-state index in [0.29, 0.717) is 5.56 Å². The Bertz CT molecular complexity index is 455. The fraction of sp³-hybridized carbons (Fsp3) is 0.429. The first-order valence-electron chi connectivity index (χ1n) is 6.21. The van der Waals surface area contributed by atoms with Crippen LogP contribution in [0.4, 0.5) is 4.39 Å². The Morgan fingerprint density at radius 2 is 1.55 bits per heavy atom. The van der Waals surface area contributed by atoms with Crippen molar-refractivity contribution < 1.29 is 23.5 Å². The van der Waals surface area contributed by atoms with Crippen LogP contribution in [0.5, 0.6) is 0 Å². The van der Waals surface area contributed by atoms with E-state index in [-0.39, 0.29) is 13.2 Å². The van der Waals surface area contributed by atoms with Gasteiger partial charge in [0, 0.05) is 10.9 Å². The number of rotatable bonds is 6. The smallest absolute Gasteiger partial charge is 0.356 e. The van der Waals surface area contributed by atoms with E-state index >= 15 is 0 Å². The summed E-state index contributed by atoms with van der Waals surface area (Å²) in [6.45, 7) is 3.07. The maximum Gasteiger partial charge on any atom is 0.356 e. The summed E-state index contributed by atoms with van der Waals surface area (Å²) >= 11 is 3.26. The monoisotopic (exact) mass is 346 g/mol. The van der Waals surface area contributed by atoms with Crippen molar-refractivity contribution in [3.63, 3.8) is 0 Å². The molecule has 0 saturated heterocycles. The zero-order valence-electron chi connectivity index (χ0n) is 11.3. The zero-order valence-corrected chi connectivity index (χ0v) is 12.9. The average molecular weight is 347 g/mol. The van der Waals surface area contributed by atoms with Crippen molar-refractivity contribution in [2.75, 3.05) is 13.2 Å². The summed E-state index contributed by atoms with van der Waals surface area (Å²) in [5.74, 6) is -2.44. The second kappa shape index (κ2) is 7.38. The van der Waals surface area contributed by atoms with Gasteiger partial charge < -0.3 is 9.47 Å². The standard InChI is InChI=1S/C14H16BrFO4/c1-3-19-12(17)14(16,13(18)20-4-2)9-10-5-7-11(15)8-6-10/h5-8H,3-4,9H2,1-2H3. The summed E-state index contributed by atoms with van der Waals surface area (Å²) in [6, 6.07) is 6.64. The largest absolute Gasteiger partial charge is 0.463 e. The van der Waals surface area contributed by atoms with E-state index in [2.05, 4.69) is 25.4 Å². The maximum atomic E-state index is 14.8. The Morgan fingerprint density at radius 3 is 1.95 bits per heavy atom. The molecule has 6 heteroatoms. The van der Waals surface area contributed by atoms with E-state index in [9.17, 15) is 14.0 Å². The van der Waals surface area contributed by atoms with Crippen molar-refractivity contribution >= 4 is 27.9 Å². The summed E-state index contributed by atoms with van der Waals surface area (Å²) in [4.78, 5) is 23.5. The third-order valence-corrected chi connectivity index (χ3v) is 3.09. The molecule has 0 N–H and O–H groups in total. The number of esters is 2. The second-order valence-electron chi connectivity index (χ2n) is 4.05. The van der Waals surface area contributed by atoms with Crippen LogP contribution in [-0.2, 0) is 25.5 Å². The van der Waals surface area contributed by atoms with Crippen molar-refractivity contribution in [2.45, 2.75) is 25.9 Å². The number of benzene rings is 1. The van der Waals surface area contributed by atoms with Gasteiger partial charge in [-0.3, -0.25) is 0 Å². The van der Waals surface area contributed by atoms with Gasteiger partial charge in [-0.25, -0.2) is 14.0 Å². The lowest BCUT2D eigenvalue weighted by molar-refractivity contribution is -0.174. The molecule has 0 spiro atoms. The number of hydrogen-bond acceptors (Lipinski definition) is 4. The van der Waals surface area contributed by atoms with E-state index in [1.54, 1.807) is 38.1 Å². The Hall–Kier alpha value is -1.43. The zero-order chi connectivity index (χ0) is 15.2. The SMILES string of the molecule is CCOC(=O)C(F)(Cc1ccc(Br)cc1)C(=O)OCC. The van der Waals surface area contributed by atoms with Gasteiger partial charge in [0.25, 0.3) is 0 Å². The number of ether oxygens (including phenoxy) is 2. The third-order valence-electron chi connectivity index (χ3n) is 2.56. The van der Waals surface area contributed by atoms with Crippen LogP contribution in [-0.4, -0.2) is 30.8 Å². The van der Waals surface area contributed by atoms with E-state index in [4.69, 9.17) is 0 Å². The molecule has 0 fully saturated rings. The molecule has 1 aromatic rings. The minimum Gasteiger partial charge on any atom is -0.463 e. The van der Waals surface area contributed by atoms with Crippen molar-refractivity contribution in [3.05, 3.63) is 34.3 Å². The number of halogens is 2. The maximum absolute atomic E-state index is 14.8. The van der Waals surface area contributed by atoms with Gasteiger partial charge in [-0.2, -0.15) is 0 Å². The van der Waals surface area contributed by atoms with Gasteiger partial charge in [0.1, 0.15) is 0 Å². The molecule has 0 aliphatic heterocycles. The van der Waals surface area contributed by atoms with Gasteiger partial charge in [0.15, 0.2) is 0 Å². The van der Waals surface area contributed by atoms with Crippen LogP contribution in [0.2, 0.25) is 0 Å². The van der Waals surface area contributed by atoms with Crippen LogP contribution in [0, 0.1) is 0 Å². The molecule has 0 radical (unpaired) electrons. The Balaban J connectivity index is 3.00. The first kappa shape index (κ1) is 16.6. The van der Waals surface area contributed by atoms with Gasteiger partial charge >= 0.3 is 17.6 Å². The molecular weight excluding hydrogens is 331 g/mol. The van der Waals surface area contributed by atoms with Crippen molar-refractivity contribution in [1.82, 2.24) is 0 Å². The molecule has 1 aromatic carbocycles. The van der Waals surface area contributed by atoms with Crippen molar-refractivity contribution in [3.8, 4) is 0 Å². The molecule has 1 rings (SSSR count). The average Bonchev–Trinajstić information content (AvgIpc) is 2.41. The van der Waals surface area contributed by atoms with Crippen LogP contribution in [0.15, 0.2) is 28.7 Å². The van der Waals surface area contributed by atoms with Gasteiger partial charge in [-0.1, -0.05) is 28.1 Å². The van der Waals surface area contributed by atoms with E-state index in [1.807, 2.05) is 0 Å². The highest BCUT2D eigenvalue weighted by atomic mass is 79.9. The lowest BCUT2D eigenvalue weighted by atomic mass is 9.96. The minimum absolute atomic E-state index is 0.00968. The highest BCUT2D eigenvalue weighted by Gasteiger charge is 2.49. The summed E-state index contributed by atoms with van der Waals surface area (Å²) in [5, 5.41) is 0. The quantitative estimate of drug-likeness (QED) is 0.587. The molecule has 110 valence electrons.